The van der Waals surface area contributed by atoms with Crippen LogP contribution in [0.3, 0.4) is 0 Å². The number of aromatic amines is 1. The molecule has 0 bridgehead atoms. The first-order chi connectivity index (χ1) is 11.5. The van der Waals surface area contributed by atoms with Crippen molar-refractivity contribution in [2.45, 2.75) is 39.8 Å². The lowest BCUT2D eigenvalue weighted by atomic mass is 9.99. The van der Waals surface area contributed by atoms with Crippen molar-refractivity contribution in [2.75, 3.05) is 0 Å². The van der Waals surface area contributed by atoms with Gasteiger partial charge in [-0.1, -0.05) is 35.9 Å². The van der Waals surface area contributed by atoms with Gasteiger partial charge in [-0.2, -0.15) is 0 Å². The number of H-pyrrole nitrogens is 1. The van der Waals surface area contributed by atoms with E-state index in [1.807, 2.05) is 25.1 Å². The molecule has 0 aliphatic heterocycles. The molecule has 0 saturated heterocycles. The minimum Gasteiger partial charge on any atom is -0.309 e. The van der Waals surface area contributed by atoms with Crippen molar-refractivity contribution in [1.29, 1.82) is 0 Å². The maximum atomic E-state index is 12.2. The Labute approximate surface area is 142 Å². The van der Waals surface area contributed by atoms with Crippen molar-refractivity contribution in [2.24, 2.45) is 0 Å². The van der Waals surface area contributed by atoms with E-state index in [9.17, 15) is 4.79 Å². The highest BCUT2D eigenvalue weighted by molar-refractivity contribution is 5.77. The fourth-order valence-corrected chi connectivity index (χ4v) is 3.08. The van der Waals surface area contributed by atoms with Crippen LogP contribution in [-0.4, -0.2) is 9.97 Å². The summed E-state index contributed by atoms with van der Waals surface area (Å²) in [5.74, 6) is 0.663. The van der Waals surface area contributed by atoms with E-state index in [0.29, 0.717) is 11.2 Å². The van der Waals surface area contributed by atoms with Gasteiger partial charge in [-0.3, -0.25) is 4.79 Å². The molecule has 2 N–H and O–H groups in total. The zero-order valence-corrected chi connectivity index (χ0v) is 14.6. The number of fused-ring (bicyclic) bond motifs is 1. The molecular formula is C20H23N3O. The Balaban J connectivity index is 1.88. The maximum absolute atomic E-state index is 12.2. The third-order valence-electron chi connectivity index (χ3n) is 4.44. The molecule has 0 aliphatic carbocycles. The van der Waals surface area contributed by atoms with Crippen molar-refractivity contribution in [3.8, 4) is 0 Å². The summed E-state index contributed by atoms with van der Waals surface area (Å²) in [5, 5.41) is 4.16. The Morgan fingerprint density at radius 2 is 1.79 bits per heavy atom. The van der Waals surface area contributed by atoms with Crippen molar-refractivity contribution >= 4 is 10.9 Å². The van der Waals surface area contributed by atoms with Crippen LogP contribution in [0.25, 0.3) is 10.9 Å². The number of nitrogens with zero attached hydrogens (tertiary/aromatic N) is 1. The fourth-order valence-electron chi connectivity index (χ4n) is 3.08. The van der Waals surface area contributed by atoms with E-state index in [2.05, 4.69) is 54.3 Å². The second-order valence-corrected chi connectivity index (χ2v) is 6.44. The lowest BCUT2D eigenvalue weighted by Crippen LogP contribution is -2.26. The van der Waals surface area contributed by atoms with Crippen LogP contribution in [0.5, 0.6) is 0 Å². The molecule has 24 heavy (non-hydrogen) atoms. The first kappa shape index (κ1) is 16.4. The van der Waals surface area contributed by atoms with Crippen LogP contribution in [0.4, 0.5) is 0 Å². The Morgan fingerprint density at radius 1 is 1.04 bits per heavy atom. The molecule has 124 valence electrons. The number of nitrogens with one attached hydrogen (secondary N) is 2. The third kappa shape index (κ3) is 3.24. The SMILES string of the molecule is Cc1ccc(C)c([C@@H](C)N[C@@H](C)c2nc3ccccc3c(=O)[nH]2)c1. The number of para-hydroxylation sites is 1. The fraction of sp³-hybridized carbons (Fsp3) is 0.300. The highest BCUT2D eigenvalue weighted by atomic mass is 16.1. The summed E-state index contributed by atoms with van der Waals surface area (Å²) in [4.78, 5) is 19.7. The third-order valence-corrected chi connectivity index (χ3v) is 4.44. The molecule has 0 saturated carbocycles. The van der Waals surface area contributed by atoms with Gasteiger partial charge in [0.15, 0.2) is 0 Å². The number of aromatic nitrogens is 2. The van der Waals surface area contributed by atoms with E-state index in [1.165, 1.54) is 16.7 Å². The van der Waals surface area contributed by atoms with Gasteiger partial charge in [-0.15, -0.1) is 0 Å². The van der Waals surface area contributed by atoms with Gasteiger partial charge < -0.3 is 10.3 Å². The molecule has 0 amide bonds. The lowest BCUT2D eigenvalue weighted by Gasteiger charge is -2.22. The van der Waals surface area contributed by atoms with E-state index in [1.54, 1.807) is 6.07 Å². The zero-order chi connectivity index (χ0) is 17.3. The largest absolute Gasteiger partial charge is 0.309 e. The lowest BCUT2D eigenvalue weighted by molar-refractivity contribution is 0.475. The number of hydrogen-bond donors (Lipinski definition) is 2. The van der Waals surface area contributed by atoms with Crippen molar-refractivity contribution in [3.05, 3.63) is 75.3 Å². The molecule has 1 aromatic heterocycles. The van der Waals surface area contributed by atoms with Crippen LogP contribution < -0.4 is 10.9 Å². The number of benzene rings is 2. The second-order valence-electron chi connectivity index (χ2n) is 6.44. The highest BCUT2D eigenvalue weighted by Crippen LogP contribution is 2.22. The maximum Gasteiger partial charge on any atom is 0.258 e. The first-order valence-corrected chi connectivity index (χ1v) is 8.28. The van der Waals surface area contributed by atoms with E-state index in [0.717, 1.165) is 5.52 Å². The Morgan fingerprint density at radius 3 is 2.58 bits per heavy atom. The number of hydrogen-bond acceptors (Lipinski definition) is 3. The summed E-state index contributed by atoms with van der Waals surface area (Å²) in [7, 11) is 0. The molecule has 0 unspecified atom stereocenters. The van der Waals surface area contributed by atoms with Gasteiger partial charge in [0, 0.05) is 6.04 Å². The summed E-state index contributed by atoms with van der Waals surface area (Å²) in [5.41, 5.74) is 4.40. The summed E-state index contributed by atoms with van der Waals surface area (Å²) in [6.07, 6.45) is 0. The number of aryl methyl sites for hydroxylation is 2. The predicted octanol–water partition coefficient (Wildman–Crippen LogP) is 3.95. The van der Waals surface area contributed by atoms with Crippen LogP contribution >= 0.6 is 0 Å². The molecule has 3 rings (SSSR count). The zero-order valence-electron chi connectivity index (χ0n) is 14.6. The van der Waals surface area contributed by atoms with Gasteiger partial charge in [-0.05, 0) is 51.0 Å². The molecule has 0 radical (unpaired) electrons. The Bertz CT molecular complexity index is 930. The average molecular weight is 321 g/mol. The van der Waals surface area contributed by atoms with Crippen molar-refractivity contribution in [1.82, 2.24) is 15.3 Å². The molecule has 4 heteroatoms. The van der Waals surface area contributed by atoms with Gasteiger partial charge >= 0.3 is 0 Å². The minimum atomic E-state index is -0.0939. The molecule has 0 aliphatic rings. The highest BCUT2D eigenvalue weighted by Gasteiger charge is 2.15. The molecule has 4 nitrogen and oxygen atoms in total. The second kappa shape index (κ2) is 6.57. The average Bonchev–Trinajstić information content (AvgIpc) is 2.57. The quantitative estimate of drug-likeness (QED) is 0.765. The smallest absolute Gasteiger partial charge is 0.258 e. The van der Waals surface area contributed by atoms with E-state index in [4.69, 9.17) is 0 Å². The van der Waals surface area contributed by atoms with Gasteiger partial charge in [0.25, 0.3) is 5.56 Å². The normalized spacial score (nSPS) is 13.8. The molecule has 2 atom stereocenters. The van der Waals surface area contributed by atoms with Crippen LogP contribution in [0, 0.1) is 13.8 Å². The summed E-state index contributed by atoms with van der Waals surface area (Å²) >= 11 is 0. The van der Waals surface area contributed by atoms with Crippen LogP contribution in [-0.2, 0) is 0 Å². The Hall–Kier alpha value is -2.46. The van der Waals surface area contributed by atoms with E-state index < -0.39 is 0 Å². The molecule has 0 spiro atoms. The molecule has 1 heterocycles. The Kier molecular flexibility index (Phi) is 4.49. The molecule has 2 aromatic carbocycles. The van der Waals surface area contributed by atoms with Crippen molar-refractivity contribution < 1.29 is 0 Å². The van der Waals surface area contributed by atoms with Gasteiger partial charge in [-0.25, -0.2) is 4.98 Å². The van der Waals surface area contributed by atoms with Gasteiger partial charge in [0.05, 0.1) is 16.9 Å². The molecule has 3 aromatic rings. The standard InChI is InChI=1S/C20H23N3O/c1-12-9-10-13(2)17(11-12)14(3)21-15(4)19-22-18-8-6-5-7-16(18)20(24)23-19/h5-11,14-15,21H,1-4H3,(H,22,23,24)/t14-,15+/m1/s1. The monoisotopic (exact) mass is 321 g/mol. The first-order valence-electron chi connectivity index (χ1n) is 8.28. The summed E-state index contributed by atoms with van der Waals surface area (Å²) in [6, 6.07) is 14.0. The summed E-state index contributed by atoms with van der Waals surface area (Å²) in [6.45, 7) is 8.38. The predicted molar refractivity (Wildman–Crippen MR) is 98.2 cm³/mol. The minimum absolute atomic E-state index is 0.0581. The number of rotatable bonds is 4. The van der Waals surface area contributed by atoms with Gasteiger partial charge in [0.2, 0.25) is 0 Å². The molecular weight excluding hydrogens is 298 g/mol. The van der Waals surface area contributed by atoms with E-state index >= 15 is 0 Å². The molecule has 0 fully saturated rings. The van der Waals surface area contributed by atoms with E-state index in [-0.39, 0.29) is 17.6 Å². The van der Waals surface area contributed by atoms with Crippen LogP contribution in [0.1, 0.15) is 48.4 Å². The summed E-state index contributed by atoms with van der Waals surface area (Å²) < 4.78 is 0. The van der Waals surface area contributed by atoms with Crippen molar-refractivity contribution in [3.63, 3.8) is 0 Å². The van der Waals surface area contributed by atoms with Gasteiger partial charge in [0.1, 0.15) is 5.82 Å². The van der Waals surface area contributed by atoms with Crippen LogP contribution in [0.2, 0.25) is 0 Å². The topological polar surface area (TPSA) is 57.8 Å². The van der Waals surface area contributed by atoms with Crippen LogP contribution in [0.15, 0.2) is 47.3 Å².